The molecular weight excluding hydrogens is 624 g/mol. The van der Waals surface area contributed by atoms with Crippen LogP contribution in [0.1, 0.15) is 25.7 Å². The molecule has 8 rings (SSSR count). The van der Waals surface area contributed by atoms with Gasteiger partial charge in [0, 0.05) is 75.0 Å². The molecule has 2 aromatic carbocycles. The van der Waals surface area contributed by atoms with Gasteiger partial charge in [-0.25, -0.2) is 4.79 Å². The average Bonchev–Trinajstić information content (AvgIpc) is 3.64. The second-order valence-electron chi connectivity index (χ2n) is 13.8. The van der Waals surface area contributed by atoms with Crippen molar-refractivity contribution in [2.45, 2.75) is 50.1 Å². The molecule has 5 fully saturated rings. The van der Waals surface area contributed by atoms with Gasteiger partial charge < -0.3 is 40.1 Å². The van der Waals surface area contributed by atoms with Crippen molar-refractivity contribution in [2.75, 3.05) is 91.7 Å². The number of benzene rings is 2. The normalized spacial score (nSPS) is 25.3. The zero-order valence-corrected chi connectivity index (χ0v) is 27.9. The van der Waals surface area contributed by atoms with Crippen LogP contribution in [-0.4, -0.2) is 127 Å². The lowest BCUT2D eigenvalue weighted by Gasteiger charge is -2.34. The lowest BCUT2D eigenvalue weighted by Crippen LogP contribution is -2.47. The number of morpholine rings is 2. The van der Waals surface area contributed by atoms with E-state index < -0.39 is 0 Å². The van der Waals surface area contributed by atoms with E-state index in [1.807, 2.05) is 24.3 Å². The Morgan fingerprint density at radius 3 is 1.59 bits per heavy atom. The molecule has 4 unspecified atom stereocenters. The molecule has 5 aliphatic heterocycles. The Morgan fingerprint density at radius 2 is 1.10 bits per heavy atom. The number of aromatic nitrogens is 3. The highest BCUT2D eigenvalue weighted by Crippen LogP contribution is 2.32. The fourth-order valence-electron chi connectivity index (χ4n) is 7.36. The third-order valence-corrected chi connectivity index (χ3v) is 10.1. The summed E-state index contributed by atoms with van der Waals surface area (Å²) in [4.78, 5) is 49.1. The third-order valence-electron chi connectivity index (χ3n) is 10.1. The quantitative estimate of drug-likeness (QED) is 0.326. The first-order valence-electron chi connectivity index (χ1n) is 17.4. The fourth-order valence-corrected chi connectivity index (χ4v) is 7.36. The number of nitrogens with one attached hydrogen (secondary N) is 3. The zero-order chi connectivity index (χ0) is 33.3. The number of rotatable bonds is 8. The fraction of sp³-hybridized carbons (Fsp3) is 0.514. The van der Waals surface area contributed by atoms with Crippen LogP contribution in [0.15, 0.2) is 48.5 Å². The summed E-state index contributed by atoms with van der Waals surface area (Å²) in [7, 11) is 2.09. The van der Waals surface area contributed by atoms with Crippen molar-refractivity contribution in [2.24, 2.45) is 0 Å². The summed E-state index contributed by atoms with van der Waals surface area (Å²) in [6.45, 7) is 7.18. The number of anilines is 5. The standard InChI is InChI=1S/C35H44N10O4/c1-42-14-16-43(17-15-42)22-31(46)36-24-6-8-26(9-7-24)38-35(47)37-25-4-2-23(3-5-25)32-39-33(44-18-27-10-11-28(19-44)48-27)41-34(40-32)45-20-29-12-13-30(21-45)49-29/h2-9,27-30H,10-22H2,1H3,(H,36,46)(H2,37,38,47). The Bertz CT molecular complexity index is 1580. The van der Waals surface area contributed by atoms with Crippen molar-refractivity contribution in [3.05, 3.63) is 48.5 Å². The van der Waals surface area contributed by atoms with Crippen LogP contribution in [0.25, 0.3) is 11.4 Å². The van der Waals surface area contributed by atoms with Crippen molar-refractivity contribution < 1.29 is 19.1 Å². The predicted molar refractivity (Wildman–Crippen MR) is 187 cm³/mol. The first kappa shape index (κ1) is 31.9. The number of nitrogens with zero attached hydrogens (tertiary/aromatic N) is 7. The minimum absolute atomic E-state index is 0.0444. The Hall–Kier alpha value is -4.37. The molecule has 0 saturated carbocycles. The SMILES string of the molecule is CN1CCN(CC(=O)Nc2ccc(NC(=O)Nc3ccc(-c4nc(N5CC6CCC(C5)O6)nc(N5CC6CCC(C5)O6)n4)cc3)cc2)CC1. The molecule has 258 valence electrons. The van der Waals surface area contributed by atoms with Gasteiger partial charge in [-0.1, -0.05) is 0 Å². The summed E-state index contributed by atoms with van der Waals surface area (Å²) in [5.74, 6) is 1.92. The van der Waals surface area contributed by atoms with Crippen molar-refractivity contribution in [1.82, 2.24) is 24.8 Å². The summed E-state index contributed by atoms with van der Waals surface area (Å²) in [5, 5.41) is 8.70. The Morgan fingerprint density at radius 1 is 0.653 bits per heavy atom. The maximum atomic E-state index is 12.8. The van der Waals surface area contributed by atoms with Crippen LogP contribution in [0, 0.1) is 0 Å². The molecule has 49 heavy (non-hydrogen) atoms. The number of ether oxygens (including phenoxy) is 2. The lowest BCUT2D eigenvalue weighted by molar-refractivity contribution is -0.117. The van der Waals surface area contributed by atoms with E-state index in [2.05, 4.69) is 42.6 Å². The molecule has 3 aromatic rings. The van der Waals surface area contributed by atoms with Gasteiger partial charge >= 0.3 is 6.03 Å². The number of carbonyl (C=O) groups excluding carboxylic acids is 2. The molecular formula is C35H44N10O4. The Kier molecular flexibility index (Phi) is 9.02. The van der Waals surface area contributed by atoms with Gasteiger partial charge in [-0.05, 0) is 81.3 Å². The molecule has 1 aromatic heterocycles. The molecule has 14 heteroatoms. The van der Waals surface area contributed by atoms with Crippen LogP contribution >= 0.6 is 0 Å². The molecule has 5 saturated heterocycles. The smallest absolute Gasteiger partial charge is 0.323 e. The highest BCUT2D eigenvalue weighted by molar-refractivity contribution is 6.00. The van der Waals surface area contributed by atoms with Gasteiger partial charge in [-0.2, -0.15) is 15.0 Å². The minimum atomic E-state index is -0.367. The third kappa shape index (κ3) is 7.62. The molecule has 6 heterocycles. The van der Waals surface area contributed by atoms with Gasteiger partial charge in [-0.15, -0.1) is 0 Å². The second-order valence-corrected chi connectivity index (χ2v) is 13.8. The number of hydrogen-bond donors (Lipinski definition) is 3. The van der Waals surface area contributed by atoms with Crippen molar-refractivity contribution >= 4 is 40.9 Å². The van der Waals surface area contributed by atoms with Crippen LogP contribution in [0.3, 0.4) is 0 Å². The maximum absolute atomic E-state index is 12.8. The van der Waals surface area contributed by atoms with E-state index in [0.29, 0.717) is 41.3 Å². The van der Waals surface area contributed by atoms with Crippen LogP contribution in [-0.2, 0) is 14.3 Å². The van der Waals surface area contributed by atoms with E-state index in [-0.39, 0.29) is 36.4 Å². The van der Waals surface area contributed by atoms with E-state index in [0.717, 1.165) is 83.6 Å². The minimum Gasteiger partial charge on any atom is -0.371 e. The molecule has 3 N–H and O–H groups in total. The molecule has 4 bridgehead atoms. The number of urea groups is 1. The van der Waals surface area contributed by atoms with Crippen LogP contribution in [0.4, 0.5) is 33.8 Å². The van der Waals surface area contributed by atoms with Gasteiger partial charge in [0.25, 0.3) is 0 Å². The van der Waals surface area contributed by atoms with Gasteiger partial charge in [0.15, 0.2) is 5.82 Å². The number of hydrogen-bond acceptors (Lipinski definition) is 11. The summed E-state index contributed by atoms with van der Waals surface area (Å²) < 4.78 is 12.2. The van der Waals surface area contributed by atoms with Gasteiger partial charge in [-0.3, -0.25) is 9.69 Å². The molecule has 5 aliphatic rings. The van der Waals surface area contributed by atoms with Crippen LogP contribution in [0.2, 0.25) is 0 Å². The van der Waals surface area contributed by atoms with Crippen LogP contribution in [0.5, 0.6) is 0 Å². The highest BCUT2D eigenvalue weighted by atomic mass is 16.5. The van der Waals surface area contributed by atoms with Gasteiger partial charge in [0.1, 0.15) is 0 Å². The van der Waals surface area contributed by atoms with Crippen molar-refractivity contribution in [1.29, 1.82) is 0 Å². The van der Waals surface area contributed by atoms with E-state index >= 15 is 0 Å². The van der Waals surface area contributed by atoms with E-state index in [9.17, 15) is 9.59 Å². The molecule has 0 spiro atoms. The van der Waals surface area contributed by atoms with Gasteiger partial charge in [0.05, 0.1) is 31.0 Å². The summed E-state index contributed by atoms with van der Waals surface area (Å²) in [5.41, 5.74) is 2.78. The lowest BCUT2D eigenvalue weighted by atomic mass is 10.2. The number of fused-ring (bicyclic) bond motifs is 4. The number of amides is 3. The monoisotopic (exact) mass is 668 g/mol. The van der Waals surface area contributed by atoms with Gasteiger partial charge in [0.2, 0.25) is 17.8 Å². The van der Waals surface area contributed by atoms with Crippen molar-refractivity contribution in [3.8, 4) is 11.4 Å². The summed E-state index contributed by atoms with van der Waals surface area (Å²) >= 11 is 0. The highest BCUT2D eigenvalue weighted by Gasteiger charge is 2.37. The number of carbonyl (C=O) groups is 2. The summed E-state index contributed by atoms with van der Waals surface area (Å²) in [6, 6.07) is 14.3. The predicted octanol–water partition coefficient (Wildman–Crippen LogP) is 3.10. The largest absolute Gasteiger partial charge is 0.371 e. The zero-order valence-electron chi connectivity index (χ0n) is 27.9. The summed E-state index contributed by atoms with van der Waals surface area (Å²) in [6.07, 6.45) is 5.15. The second kappa shape index (κ2) is 13.9. The molecule has 0 radical (unpaired) electrons. The number of piperazine rings is 1. The van der Waals surface area contributed by atoms with Crippen LogP contribution < -0.4 is 25.8 Å². The van der Waals surface area contributed by atoms with E-state index in [1.165, 1.54) is 0 Å². The van der Waals surface area contributed by atoms with E-state index in [1.54, 1.807) is 24.3 Å². The molecule has 14 nitrogen and oxygen atoms in total. The van der Waals surface area contributed by atoms with Crippen molar-refractivity contribution in [3.63, 3.8) is 0 Å². The maximum Gasteiger partial charge on any atom is 0.323 e. The van der Waals surface area contributed by atoms with E-state index in [4.69, 9.17) is 24.4 Å². The molecule has 0 aliphatic carbocycles. The first-order chi connectivity index (χ1) is 23.9. The molecule has 3 amide bonds. The Balaban J connectivity index is 0.902. The Labute approximate surface area is 286 Å². The topological polar surface area (TPSA) is 140 Å². The number of likely N-dealkylation sites (N-methyl/N-ethyl adjacent to an activating group) is 1. The average molecular weight is 669 g/mol. The first-order valence-corrected chi connectivity index (χ1v) is 17.4. The molecule has 4 atom stereocenters.